The Labute approximate surface area is 187 Å². The van der Waals surface area contributed by atoms with Crippen LogP contribution in [0.2, 0.25) is 0 Å². The Morgan fingerprint density at radius 2 is 1.75 bits per heavy atom. The second kappa shape index (κ2) is 8.51. The number of carbonyl (C=O) groups is 1. The zero-order valence-electron chi connectivity index (χ0n) is 18.1. The molecule has 2 aromatic rings. The number of hydrogen-bond acceptors (Lipinski definition) is 6. The number of piperazine rings is 1. The van der Waals surface area contributed by atoms with Gasteiger partial charge in [-0.1, -0.05) is 6.92 Å². The molecule has 1 saturated heterocycles. The summed E-state index contributed by atoms with van der Waals surface area (Å²) in [5.74, 6) is 0.0363. The Hall–Kier alpha value is -2.98. The van der Waals surface area contributed by atoms with Crippen molar-refractivity contribution >= 4 is 33.0 Å². The van der Waals surface area contributed by atoms with Crippen LogP contribution in [0.25, 0.3) is 0 Å². The highest BCUT2D eigenvalue weighted by molar-refractivity contribution is 7.89. The van der Waals surface area contributed by atoms with Crippen LogP contribution in [-0.2, 0) is 21.2 Å². The van der Waals surface area contributed by atoms with E-state index in [0.29, 0.717) is 39.0 Å². The van der Waals surface area contributed by atoms with Gasteiger partial charge in [0.25, 0.3) is 5.69 Å². The summed E-state index contributed by atoms with van der Waals surface area (Å²) in [5.41, 5.74) is 2.54. The summed E-state index contributed by atoms with van der Waals surface area (Å²) in [4.78, 5) is 26.7. The Balaban J connectivity index is 1.48. The van der Waals surface area contributed by atoms with Gasteiger partial charge in [0.1, 0.15) is 0 Å². The number of nitro benzene ring substituents is 1. The molecule has 0 aromatic heterocycles. The lowest BCUT2D eigenvalue weighted by molar-refractivity contribution is -0.384. The maximum Gasteiger partial charge on any atom is 0.269 e. The van der Waals surface area contributed by atoms with Crippen LogP contribution in [0.1, 0.15) is 25.8 Å². The Morgan fingerprint density at radius 3 is 2.34 bits per heavy atom. The van der Waals surface area contributed by atoms with Crippen molar-refractivity contribution < 1.29 is 18.1 Å². The van der Waals surface area contributed by atoms with Gasteiger partial charge in [0.2, 0.25) is 15.9 Å². The number of carbonyl (C=O) groups excluding carboxylic acids is 1. The summed E-state index contributed by atoms with van der Waals surface area (Å²) in [6, 6.07) is 11.3. The number of amides is 1. The van der Waals surface area contributed by atoms with Crippen LogP contribution in [0.4, 0.5) is 17.1 Å². The average Bonchev–Trinajstić information content (AvgIpc) is 3.13. The molecule has 1 amide bonds. The van der Waals surface area contributed by atoms with E-state index in [9.17, 15) is 23.3 Å². The molecule has 0 unspecified atom stereocenters. The third-order valence-electron chi connectivity index (χ3n) is 6.14. The number of anilines is 2. The standard InChI is InChI=1S/C22H26N4O5S/c1-3-22(27)25-16(2)14-17-15-20(8-9-21(17)25)32(30,31)24-12-10-23(11-13-24)18-4-6-19(7-5-18)26(28)29/h4-9,15-16H,3,10-14H2,1-2H3/t16-/m1/s1. The van der Waals surface area contributed by atoms with Crippen molar-refractivity contribution in [3.05, 3.63) is 58.1 Å². The van der Waals surface area contributed by atoms with Crippen molar-refractivity contribution in [2.24, 2.45) is 0 Å². The van der Waals surface area contributed by atoms with Crippen LogP contribution in [0, 0.1) is 10.1 Å². The van der Waals surface area contributed by atoms with Gasteiger partial charge in [-0.15, -0.1) is 0 Å². The predicted octanol–water partition coefficient (Wildman–Crippen LogP) is 2.79. The SMILES string of the molecule is CCC(=O)N1c2ccc(S(=O)(=O)N3CCN(c4ccc([N+](=O)[O-])cc4)CC3)cc2C[C@H]1C. The highest BCUT2D eigenvalue weighted by Crippen LogP contribution is 2.35. The fourth-order valence-corrected chi connectivity index (χ4v) is 5.91. The van der Waals surface area contributed by atoms with Gasteiger partial charge >= 0.3 is 0 Å². The fraction of sp³-hybridized carbons (Fsp3) is 0.409. The first-order valence-corrected chi connectivity index (χ1v) is 12.1. The molecule has 0 radical (unpaired) electrons. The summed E-state index contributed by atoms with van der Waals surface area (Å²) in [6.07, 6.45) is 1.04. The minimum Gasteiger partial charge on any atom is -0.369 e. The summed E-state index contributed by atoms with van der Waals surface area (Å²) in [7, 11) is -3.65. The predicted molar refractivity (Wildman–Crippen MR) is 121 cm³/mol. The molecular formula is C22H26N4O5S. The molecule has 2 aromatic carbocycles. The van der Waals surface area contributed by atoms with Gasteiger partial charge in [-0.3, -0.25) is 14.9 Å². The van der Waals surface area contributed by atoms with E-state index >= 15 is 0 Å². The first kappa shape index (κ1) is 22.2. The van der Waals surface area contributed by atoms with Crippen LogP contribution < -0.4 is 9.80 Å². The highest BCUT2D eigenvalue weighted by atomic mass is 32.2. The summed E-state index contributed by atoms with van der Waals surface area (Å²) in [6.45, 7) is 5.44. The smallest absolute Gasteiger partial charge is 0.269 e. The van der Waals surface area contributed by atoms with E-state index in [1.807, 2.05) is 18.7 Å². The quantitative estimate of drug-likeness (QED) is 0.504. The second-order valence-corrected chi connectivity index (χ2v) is 10.1. The number of fused-ring (bicyclic) bond motifs is 1. The molecule has 4 rings (SSSR count). The monoisotopic (exact) mass is 458 g/mol. The lowest BCUT2D eigenvalue weighted by Crippen LogP contribution is -2.48. The van der Waals surface area contributed by atoms with E-state index in [1.54, 1.807) is 35.2 Å². The maximum atomic E-state index is 13.3. The topological polar surface area (TPSA) is 104 Å². The summed E-state index contributed by atoms with van der Waals surface area (Å²) >= 11 is 0. The Kier molecular flexibility index (Phi) is 5.91. The van der Waals surface area contributed by atoms with Crippen molar-refractivity contribution in [3.63, 3.8) is 0 Å². The van der Waals surface area contributed by atoms with E-state index in [2.05, 4.69) is 0 Å². The summed E-state index contributed by atoms with van der Waals surface area (Å²) in [5, 5.41) is 10.8. The van der Waals surface area contributed by atoms with Gasteiger partial charge in [0.05, 0.1) is 9.82 Å². The minimum atomic E-state index is -3.65. The molecular weight excluding hydrogens is 432 g/mol. The second-order valence-electron chi connectivity index (χ2n) is 8.13. The largest absolute Gasteiger partial charge is 0.369 e. The van der Waals surface area contributed by atoms with E-state index in [-0.39, 0.29) is 22.5 Å². The van der Waals surface area contributed by atoms with Gasteiger partial charge in [-0.05, 0) is 49.2 Å². The van der Waals surface area contributed by atoms with Crippen LogP contribution in [0.5, 0.6) is 0 Å². The molecule has 1 atom stereocenters. The van der Waals surface area contributed by atoms with Gasteiger partial charge in [0, 0.05) is 62.1 Å². The lowest BCUT2D eigenvalue weighted by Gasteiger charge is -2.35. The molecule has 2 aliphatic rings. The van der Waals surface area contributed by atoms with E-state index in [0.717, 1.165) is 16.9 Å². The van der Waals surface area contributed by atoms with Crippen molar-refractivity contribution in [2.45, 2.75) is 37.6 Å². The number of rotatable bonds is 5. The van der Waals surface area contributed by atoms with E-state index in [1.165, 1.54) is 16.4 Å². The molecule has 1 fully saturated rings. The molecule has 0 spiro atoms. The number of benzene rings is 2. The molecule has 2 aliphatic heterocycles. The average molecular weight is 459 g/mol. The molecule has 32 heavy (non-hydrogen) atoms. The van der Waals surface area contributed by atoms with Gasteiger partial charge < -0.3 is 9.80 Å². The molecule has 0 bridgehead atoms. The molecule has 0 saturated carbocycles. The van der Waals surface area contributed by atoms with Gasteiger partial charge in [-0.2, -0.15) is 4.31 Å². The van der Waals surface area contributed by atoms with E-state index < -0.39 is 14.9 Å². The number of non-ortho nitro benzene ring substituents is 1. The molecule has 0 N–H and O–H groups in total. The first-order chi connectivity index (χ1) is 15.2. The summed E-state index contributed by atoms with van der Waals surface area (Å²) < 4.78 is 28.0. The lowest BCUT2D eigenvalue weighted by atomic mass is 10.1. The van der Waals surface area contributed by atoms with Crippen LogP contribution in [-0.4, -0.2) is 55.8 Å². The minimum absolute atomic E-state index is 0.0145. The Morgan fingerprint density at radius 1 is 1.09 bits per heavy atom. The van der Waals surface area contributed by atoms with Crippen molar-refractivity contribution in [1.82, 2.24) is 4.31 Å². The number of nitro groups is 1. The Bertz CT molecular complexity index is 1140. The van der Waals surface area contributed by atoms with Crippen LogP contribution in [0.15, 0.2) is 47.4 Å². The molecule has 2 heterocycles. The van der Waals surface area contributed by atoms with Crippen molar-refractivity contribution in [3.8, 4) is 0 Å². The molecule has 10 heteroatoms. The van der Waals surface area contributed by atoms with Crippen LogP contribution in [0.3, 0.4) is 0 Å². The normalized spacial score (nSPS) is 19.1. The first-order valence-electron chi connectivity index (χ1n) is 10.7. The van der Waals surface area contributed by atoms with Gasteiger partial charge in [0.15, 0.2) is 0 Å². The third kappa shape index (κ3) is 3.95. The molecule has 0 aliphatic carbocycles. The fourth-order valence-electron chi connectivity index (χ4n) is 4.44. The molecule has 9 nitrogen and oxygen atoms in total. The number of nitrogens with zero attached hydrogens (tertiary/aromatic N) is 4. The van der Waals surface area contributed by atoms with Gasteiger partial charge in [-0.25, -0.2) is 8.42 Å². The zero-order chi connectivity index (χ0) is 23.0. The van der Waals surface area contributed by atoms with Crippen LogP contribution >= 0.6 is 0 Å². The maximum absolute atomic E-state index is 13.3. The number of hydrogen-bond donors (Lipinski definition) is 0. The van der Waals surface area contributed by atoms with Crippen molar-refractivity contribution in [1.29, 1.82) is 0 Å². The zero-order valence-corrected chi connectivity index (χ0v) is 18.9. The van der Waals surface area contributed by atoms with Crippen molar-refractivity contribution in [2.75, 3.05) is 36.0 Å². The molecule has 170 valence electrons. The highest BCUT2D eigenvalue weighted by Gasteiger charge is 2.33. The van der Waals surface area contributed by atoms with E-state index in [4.69, 9.17) is 0 Å². The third-order valence-corrected chi connectivity index (χ3v) is 8.03. The number of sulfonamides is 1.